The number of benzene rings is 1. The fraction of sp³-hybridized carbons (Fsp3) is 0.273. The zero-order chi connectivity index (χ0) is 9.68. The second kappa shape index (κ2) is 4.87. The standard InChI is InChI=1S/C11H16OSi/c1-4-11(12-13(2)3)10-8-6-5-7-9-10/h4-9,13H,1-3H3. The van der Waals surface area contributed by atoms with Gasteiger partial charge in [-0.15, -0.1) is 0 Å². The smallest absolute Gasteiger partial charge is 0.229 e. The minimum atomic E-state index is -0.984. The summed E-state index contributed by atoms with van der Waals surface area (Å²) < 4.78 is 5.79. The Bertz CT molecular complexity index is 277. The van der Waals surface area contributed by atoms with Crippen LogP contribution in [0, 0.1) is 0 Å². The Balaban J connectivity index is 2.80. The van der Waals surface area contributed by atoms with Crippen molar-refractivity contribution >= 4 is 14.8 Å². The summed E-state index contributed by atoms with van der Waals surface area (Å²) in [6, 6.07) is 10.2. The van der Waals surface area contributed by atoms with Gasteiger partial charge in [0, 0.05) is 5.56 Å². The first-order valence-corrected chi connectivity index (χ1v) is 7.40. The zero-order valence-electron chi connectivity index (χ0n) is 8.45. The van der Waals surface area contributed by atoms with Crippen molar-refractivity contribution < 1.29 is 4.43 Å². The lowest BCUT2D eigenvalue weighted by Gasteiger charge is -2.13. The maximum atomic E-state index is 5.79. The summed E-state index contributed by atoms with van der Waals surface area (Å²) in [5, 5.41) is 0. The monoisotopic (exact) mass is 192 g/mol. The third-order valence-electron chi connectivity index (χ3n) is 1.68. The highest BCUT2D eigenvalue weighted by Gasteiger charge is 2.03. The first-order chi connectivity index (χ1) is 6.24. The van der Waals surface area contributed by atoms with Gasteiger partial charge in [0.2, 0.25) is 9.04 Å². The highest BCUT2D eigenvalue weighted by atomic mass is 28.3. The maximum absolute atomic E-state index is 5.79. The molecule has 0 aliphatic carbocycles. The maximum Gasteiger partial charge on any atom is 0.229 e. The van der Waals surface area contributed by atoms with Crippen LogP contribution in [0.1, 0.15) is 12.5 Å². The minimum Gasteiger partial charge on any atom is -0.547 e. The molecular formula is C11H16OSi. The third-order valence-corrected chi connectivity index (χ3v) is 2.41. The number of hydrogen-bond donors (Lipinski definition) is 0. The largest absolute Gasteiger partial charge is 0.547 e. The Hall–Kier alpha value is -1.02. The van der Waals surface area contributed by atoms with Gasteiger partial charge in [0.1, 0.15) is 5.76 Å². The van der Waals surface area contributed by atoms with Gasteiger partial charge >= 0.3 is 0 Å². The van der Waals surface area contributed by atoms with Crippen LogP contribution in [0.3, 0.4) is 0 Å². The second-order valence-corrected chi connectivity index (χ2v) is 5.52. The molecule has 2 heteroatoms. The topological polar surface area (TPSA) is 9.23 Å². The average Bonchev–Trinajstić information content (AvgIpc) is 2.15. The Morgan fingerprint density at radius 1 is 1.23 bits per heavy atom. The molecule has 0 aliphatic rings. The summed E-state index contributed by atoms with van der Waals surface area (Å²) in [7, 11) is -0.984. The van der Waals surface area contributed by atoms with Crippen LogP contribution in [0.15, 0.2) is 36.4 Å². The van der Waals surface area contributed by atoms with Crippen molar-refractivity contribution in [3.05, 3.63) is 42.0 Å². The normalized spacial score (nSPS) is 11.8. The summed E-state index contributed by atoms with van der Waals surface area (Å²) in [6.07, 6.45) is 2.03. The molecule has 0 bridgehead atoms. The van der Waals surface area contributed by atoms with Crippen molar-refractivity contribution in [3.8, 4) is 0 Å². The van der Waals surface area contributed by atoms with Crippen molar-refractivity contribution in [1.29, 1.82) is 0 Å². The predicted molar refractivity (Wildman–Crippen MR) is 60.1 cm³/mol. The number of rotatable bonds is 3. The zero-order valence-corrected chi connectivity index (χ0v) is 9.60. The third kappa shape index (κ3) is 3.07. The molecule has 0 radical (unpaired) electrons. The van der Waals surface area contributed by atoms with Gasteiger partial charge in [0.25, 0.3) is 0 Å². The lowest BCUT2D eigenvalue weighted by atomic mass is 10.2. The van der Waals surface area contributed by atoms with Crippen LogP contribution in [0.25, 0.3) is 5.76 Å². The van der Waals surface area contributed by atoms with Crippen molar-refractivity contribution in [2.45, 2.75) is 20.0 Å². The van der Waals surface area contributed by atoms with Crippen LogP contribution >= 0.6 is 0 Å². The van der Waals surface area contributed by atoms with Gasteiger partial charge in [-0.25, -0.2) is 0 Å². The van der Waals surface area contributed by atoms with Gasteiger partial charge in [-0.05, 0) is 26.1 Å². The fourth-order valence-corrected chi connectivity index (χ4v) is 1.94. The molecule has 13 heavy (non-hydrogen) atoms. The lowest BCUT2D eigenvalue weighted by Crippen LogP contribution is -2.06. The second-order valence-electron chi connectivity index (χ2n) is 3.19. The molecule has 0 aliphatic heterocycles. The number of hydrogen-bond acceptors (Lipinski definition) is 1. The molecule has 1 nitrogen and oxygen atoms in total. The molecule has 0 fully saturated rings. The summed E-state index contributed by atoms with van der Waals surface area (Å²) in [4.78, 5) is 0. The van der Waals surface area contributed by atoms with Crippen LogP contribution in [0.2, 0.25) is 13.1 Å². The summed E-state index contributed by atoms with van der Waals surface area (Å²) >= 11 is 0. The highest BCUT2D eigenvalue weighted by molar-refractivity contribution is 6.49. The molecule has 0 aromatic heterocycles. The van der Waals surface area contributed by atoms with E-state index in [4.69, 9.17) is 4.43 Å². The molecule has 1 aromatic carbocycles. The lowest BCUT2D eigenvalue weighted by molar-refractivity contribution is 0.536. The molecule has 70 valence electrons. The first kappa shape index (κ1) is 10.1. The van der Waals surface area contributed by atoms with E-state index in [0.717, 1.165) is 5.76 Å². The molecule has 1 aromatic rings. The van der Waals surface area contributed by atoms with E-state index in [9.17, 15) is 0 Å². The van der Waals surface area contributed by atoms with E-state index in [-0.39, 0.29) is 0 Å². The molecule has 1 rings (SSSR count). The van der Waals surface area contributed by atoms with E-state index < -0.39 is 9.04 Å². The van der Waals surface area contributed by atoms with Gasteiger partial charge in [-0.2, -0.15) is 0 Å². The molecule has 0 amide bonds. The van der Waals surface area contributed by atoms with E-state index in [1.807, 2.05) is 31.2 Å². The van der Waals surface area contributed by atoms with Crippen molar-refractivity contribution in [2.75, 3.05) is 0 Å². The van der Waals surface area contributed by atoms with Crippen LogP contribution in [-0.4, -0.2) is 9.04 Å². The van der Waals surface area contributed by atoms with Crippen molar-refractivity contribution in [1.82, 2.24) is 0 Å². The van der Waals surface area contributed by atoms with Crippen molar-refractivity contribution in [3.63, 3.8) is 0 Å². The molecule has 0 unspecified atom stereocenters. The van der Waals surface area contributed by atoms with Gasteiger partial charge < -0.3 is 4.43 Å². The van der Waals surface area contributed by atoms with Gasteiger partial charge in [-0.3, -0.25) is 0 Å². The van der Waals surface area contributed by atoms with Gasteiger partial charge in [0.05, 0.1) is 0 Å². The van der Waals surface area contributed by atoms with E-state index in [1.165, 1.54) is 5.56 Å². The quantitative estimate of drug-likeness (QED) is 0.528. The van der Waals surface area contributed by atoms with E-state index in [0.29, 0.717) is 0 Å². The van der Waals surface area contributed by atoms with Crippen molar-refractivity contribution in [2.24, 2.45) is 0 Å². The highest BCUT2D eigenvalue weighted by Crippen LogP contribution is 2.15. The molecule has 0 atom stereocenters. The van der Waals surface area contributed by atoms with Crippen LogP contribution in [-0.2, 0) is 4.43 Å². The molecule has 0 N–H and O–H groups in total. The summed E-state index contributed by atoms with van der Waals surface area (Å²) in [5.74, 6) is 1.02. The SMILES string of the molecule is CC=C(O[SiH](C)C)c1ccccc1. The van der Waals surface area contributed by atoms with Crippen LogP contribution in [0.4, 0.5) is 0 Å². The molecule has 0 spiro atoms. The van der Waals surface area contributed by atoms with Crippen LogP contribution < -0.4 is 0 Å². The van der Waals surface area contributed by atoms with E-state index in [1.54, 1.807) is 0 Å². The predicted octanol–water partition coefficient (Wildman–Crippen LogP) is 3.05. The van der Waals surface area contributed by atoms with E-state index in [2.05, 4.69) is 25.2 Å². The van der Waals surface area contributed by atoms with E-state index >= 15 is 0 Å². The summed E-state index contributed by atoms with van der Waals surface area (Å²) in [5.41, 5.74) is 1.17. The van der Waals surface area contributed by atoms with Crippen LogP contribution in [0.5, 0.6) is 0 Å². The molecule has 0 heterocycles. The summed E-state index contributed by atoms with van der Waals surface area (Å²) in [6.45, 7) is 6.36. The fourth-order valence-electron chi connectivity index (χ4n) is 1.16. The minimum absolute atomic E-state index is 0.984. The van der Waals surface area contributed by atoms with Gasteiger partial charge in [0.15, 0.2) is 0 Å². The Labute approximate surface area is 81.8 Å². The number of allylic oxidation sites excluding steroid dienone is 1. The Morgan fingerprint density at radius 3 is 2.31 bits per heavy atom. The average molecular weight is 192 g/mol. The Morgan fingerprint density at radius 2 is 1.85 bits per heavy atom. The first-order valence-electron chi connectivity index (χ1n) is 4.62. The Kier molecular flexibility index (Phi) is 3.77. The van der Waals surface area contributed by atoms with Gasteiger partial charge in [-0.1, -0.05) is 30.3 Å². The molecule has 0 saturated carbocycles. The molecular weight excluding hydrogens is 176 g/mol. The molecule has 0 saturated heterocycles.